The van der Waals surface area contributed by atoms with Gasteiger partial charge in [-0.15, -0.1) is 0 Å². The van der Waals surface area contributed by atoms with Gasteiger partial charge in [-0.25, -0.2) is 4.79 Å². The standard InChI is InChI=1S/C13H15BrN2O3/c14-9-3-1-2-8(4-9)5-12(17)16-7-10(15)6-11(16)13(18)19/h1-4,10-11H,5-7,15H2,(H,18,19). The van der Waals surface area contributed by atoms with Crippen molar-refractivity contribution in [1.82, 2.24) is 4.90 Å². The van der Waals surface area contributed by atoms with Crippen LogP contribution in [0.2, 0.25) is 0 Å². The first-order chi connectivity index (χ1) is 8.97. The molecule has 1 aromatic carbocycles. The van der Waals surface area contributed by atoms with Gasteiger partial charge in [0.1, 0.15) is 6.04 Å². The zero-order valence-electron chi connectivity index (χ0n) is 10.3. The Morgan fingerprint density at radius 3 is 2.84 bits per heavy atom. The van der Waals surface area contributed by atoms with E-state index < -0.39 is 12.0 Å². The molecule has 19 heavy (non-hydrogen) atoms. The first-order valence-corrected chi connectivity index (χ1v) is 6.79. The fourth-order valence-corrected chi connectivity index (χ4v) is 2.75. The van der Waals surface area contributed by atoms with Crippen LogP contribution in [0.4, 0.5) is 0 Å². The minimum absolute atomic E-state index is 0.190. The van der Waals surface area contributed by atoms with Gasteiger partial charge in [-0.05, 0) is 24.1 Å². The molecule has 1 heterocycles. The maximum absolute atomic E-state index is 12.2. The number of amides is 1. The molecule has 1 aliphatic heterocycles. The molecule has 1 fully saturated rings. The van der Waals surface area contributed by atoms with Gasteiger partial charge in [0.2, 0.25) is 5.91 Å². The predicted octanol–water partition coefficient (Wildman–Crippen LogP) is 1.00. The van der Waals surface area contributed by atoms with Crippen molar-refractivity contribution in [1.29, 1.82) is 0 Å². The number of nitrogens with two attached hydrogens (primary N) is 1. The van der Waals surface area contributed by atoms with Crippen molar-refractivity contribution < 1.29 is 14.7 Å². The summed E-state index contributed by atoms with van der Waals surface area (Å²) < 4.78 is 0.894. The molecule has 0 radical (unpaired) electrons. The minimum Gasteiger partial charge on any atom is -0.480 e. The molecule has 6 heteroatoms. The quantitative estimate of drug-likeness (QED) is 0.868. The van der Waals surface area contributed by atoms with Gasteiger partial charge in [-0.2, -0.15) is 0 Å². The maximum Gasteiger partial charge on any atom is 0.326 e. The summed E-state index contributed by atoms with van der Waals surface area (Å²) >= 11 is 3.34. The highest BCUT2D eigenvalue weighted by molar-refractivity contribution is 9.10. The van der Waals surface area contributed by atoms with E-state index in [1.807, 2.05) is 24.3 Å². The van der Waals surface area contributed by atoms with E-state index in [-0.39, 0.29) is 18.4 Å². The largest absolute Gasteiger partial charge is 0.480 e. The number of carbonyl (C=O) groups is 2. The van der Waals surface area contributed by atoms with E-state index >= 15 is 0 Å². The lowest BCUT2D eigenvalue weighted by molar-refractivity contribution is -0.148. The van der Waals surface area contributed by atoms with Crippen LogP contribution < -0.4 is 5.73 Å². The van der Waals surface area contributed by atoms with E-state index in [0.717, 1.165) is 10.0 Å². The summed E-state index contributed by atoms with van der Waals surface area (Å²) in [6, 6.07) is 6.36. The molecule has 0 saturated carbocycles. The topological polar surface area (TPSA) is 83.6 Å². The van der Waals surface area contributed by atoms with Crippen LogP contribution in [0, 0.1) is 0 Å². The molecule has 3 N–H and O–H groups in total. The molecule has 2 unspecified atom stereocenters. The minimum atomic E-state index is -0.990. The Hall–Kier alpha value is -1.40. The summed E-state index contributed by atoms with van der Waals surface area (Å²) in [5.41, 5.74) is 6.59. The summed E-state index contributed by atoms with van der Waals surface area (Å²) in [4.78, 5) is 24.7. The second kappa shape index (κ2) is 5.71. The molecule has 0 aromatic heterocycles. The number of aliphatic carboxylic acids is 1. The number of carbonyl (C=O) groups excluding carboxylic acids is 1. The van der Waals surface area contributed by atoms with Crippen LogP contribution in [0.1, 0.15) is 12.0 Å². The van der Waals surface area contributed by atoms with Crippen LogP contribution in [0.5, 0.6) is 0 Å². The normalized spacial score (nSPS) is 22.5. The Kier molecular flexibility index (Phi) is 4.21. The molecule has 1 amide bonds. The van der Waals surface area contributed by atoms with Crippen LogP contribution in [0.3, 0.4) is 0 Å². The summed E-state index contributed by atoms with van der Waals surface area (Å²) in [5, 5.41) is 9.10. The Labute approximate surface area is 119 Å². The molecule has 0 aliphatic carbocycles. The van der Waals surface area contributed by atoms with Crippen molar-refractivity contribution in [2.24, 2.45) is 5.73 Å². The van der Waals surface area contributed by atoms with Gasteiger partial charge in [-0.1, -0.05) is 28.1 Å². The lowest BCUT2D eigenvalue weighted by atomic mass is 10.1. The molecular formula is C13H15BrN2O3. The van der Waals surface area contributed by atoms with Crippen LogP contribution in [0.25, 0.3) is 0 Å². The van der Waals surface area contributed by atoms with Crippen LogP contribution >= 0.6 is 15.9 Å². The number of likely N-dealkylation sites (tertiary alicyclic amines) is 1. The average molecular weight is 327 g/mol. The van der Waals surface area contributed by atoms with Gasteiger partial charge >= 0.3 is 5.97 Å². The van der Waals surface area contributed by atoms with Crippen molar-refractivity contribution in [2.45, 2.75) is 24.9 Å². The second-order valence-electron chi connectivity index (χ2n) is 4.70. The zero-order valence-corrected chi connectivity index (χ0v) is 11.8. The van der Waals surface area contributed by atoms with Gasteiger partial charge in [0.15, 0.2) is 0 Å². The van der Waals surface area contributed by atoms with Crippen molar-refractivity contribution in [3.63, 3.8) is 0 Å². The van der Waals surface area contributed by atoms with E-state index in [1.165, 1.54) is 4.90 Å². The first-order valence-electron chi connectivity index (χ1n) is 5.99. The average Bonchev–Trinajstić information content (AvgIpc) is 2.71. The highest BCUT2D eigenvalue weighted by Gasteiger charge is 2.37. The predicted molar refractivity (Wildman–Crippen MR) is 73.6 cm³/mol. The number of carboxylic acids is 1. The van der Waals surface area contributed by atoms with Crippen molar-refractivity contribution in [2.75, 3.05) is 6.54 Å². The third-order valence-electron chi connectivity index (χ3n) is 3.18. The SMILES string of the molecule is NC1CC(C(=O)O)N(C(=O)Cc2cccc(Br)c2)C1. The fraction of sp³-hybridized carbons (Fsp3) is 0.385. The number of rotatable bonds is 3. The monoisotopic (exact) mass is 326 g/mol. The van der Waals surface area contributed by atoms with Crippen LogP contribution in [-0.2, 0) is 16.0 Å². The number of halogens is 1. The zero-order chi connectivity index (χ0) is 14.0. The highest BCUT2D eigenvalue weighted by atomic mass is 79.9. The lowest BCUT2D eigenvalue weighted by Crippen LogP contribution is -2.41. The van der Waals surface area contributed by atoms with E-state index in [0.29, 0.717) is 13.0 Å². The fourth-order valence-electron chi connectivity index (χ4n) is 2.30. The molecule has 1 saturated heterocycles. The van der Waals surface area contributed by atoms with Crippen molar-refractivity contribution in [3.05, 3.63) is 34.3 Å². The summed E-state index contributed by atoms with van der Waals surface area (Å²) in [7, 11) is 0. The number of hydrogen-bond donors (Lipinski definition) is 2. The highest BCUT2D eigenvalue weighted by Crippen LogP contribution is 2.19. The number of benzene rings is 1. The van der Waals surface area contributed by atoms with Gasteiger partial charge in [-0.3, -0.25) is 4.79 Å². The Morgan fingerprint density at radius 2 is 2.21 bits per heavy atom. The van der Waals surface area contributed by atoms with Crippen molar-refractivity contribution in [3.8, 4) is 0 Å². The first kappa shape index (κ1) is 14.0. The molecule has 1 aliphatic rings. The van der Waals surface area contributed by atoms with E-state index in [4.69, 9.17) is 10.8 Å². The van der Waals surface area contributed by atoms with Crippen LogP contribution in [0.15, 0.2) is 28.7 Å². The summed E-state index contributed by atoms with van der Waals surface area (Å²) in [6.45, 7) is 0.309. The smallest absolute Gasteiger partial charge is 0.326 e. The van der Waals surface area contributed by atoms with E-state index in [9.17, 15) is 9.59 Å². The summed E-state index contributed by atoms with van der Waals surface area (Å²) in [6.07, 6.45) is 0.509. The third kappa shape index (κ3) is 3.33. The Bertz CT molecular complexity index is 506. The molecular weight excluding hydrogens is 312 g/mol. The molecule has 2 rings (SSSR count). The number of hydrogen-bond acceptors (Lipinski definition) is 3. The lowest BCUT2D eigenvalue weighted by Gasteiger charge is -2.21. The van der Waals surface area contributed by atoms with Gasteiger partial charge in [0.25, 0.3) is 0 Å². The Morgan fingerprint density at radius 1 is 1.47 bits per heavy atom. The third-order valence-corrected chi connectivity index (χ3v) is 3.68. The second-order valence-corrected chi connectivity index (χ2v) is 5.62. The van der Waals surface area contributed by atoms with Gasteiger partial charge in [0, 0.05) is 17.1 Å². The van der Waals surface area contributed by atoms with Gasteiger partial charge < -0.3 is 15.7 Å². The van der Waals surface area contributed by atoms with Crippen molar-refractivity contribution >= 4 is 27.8 Å². The maximum atomic E-state index is 12.2. The summed E-state index contributed by atoms with van der Waals surface area (Å²) in [5.74, 6) is -1.19. The van der Waals surface area contributed by atoms with E-state index in [1.54, 1.807) is 0 Å². The number of carboxylic acid groups (broad SMARTS) is 1. The van der Waals surface area contributed by atoms with Gasteiger partial charge in [0.05, 0.1) is 6.42 Å². The molecule has 1 aromatic rings. The molecule has 5 nitrogen and oxygen atoms in total. The number of nitrogens with zero attached hydrogens (tertiary/aromatic N) is 1. The molecule has 102 valence electrons. The van der Waals surface area contributed by atoms with Crippen LogP contribution in [-0.4, -0.2) is 40.5 Å². The molecule has 0 spiro atoms. The molecule has 0 bridgehead atoms. The van der Waals surface area contributed by atoms with E-state index in [2.05, 4.69) is 15.9 Å². The molecule has 2 atom stereocenters. The Balaban J connectivity index is 2.09.